The van der Waals surface area contributed by atoms with Gasteiger partial charge in [0.2, 0.25) is 0 Å². The Labute approximate surface area is 140 Å². The van der Waals surface area contributed by atoms with E-state index in [4.69, 9.17) is 0 Å². The van der Waals surface area contributed by atoms with Crippen molar-refractivity contribution in [2.45, 2.75) is 39.7 Å². The topological polar surface area (TPSA) is 24.9 Å². The Bertz CT molecular complexity index is 565. The van der Waals surface area contributed by atoms with Gasteiger partial charge in [-0.3, -0.25) is 0 Å². The highest BCUT2D eigenvalue weighted by Gasteiger charge is 2.13. The zero-order valence-corrected chi connectivity index (χ0v) is 15.3. The van der Waals surface area contributed by atoms with Crippen LogP contribution >= 0.6 is 27.3 Å². The van der Waals surface area contributed by atoms with Crippen LogP contribution in [0.3, 0.4) is 0 Å². The van der Waals surface area contributed by atoms with E-state index in [2.05, 4.69) is 76.6 Å². The Morgan fingerprint density at radius 3 is 2.71 bits per heavy atom. The lowest BCUT2D eigenvalue weighted by Gasteiger charge is -2.18. The highest BCUT2D eigenvalue weighted by molar-refractivity contribution is 9.10. The minimum Gasteiger partial charge on any atom is -0.314 e. The van der Waals surface area contributed by atoms with Gasteiger partial charge in [-0.15, -0.1) is 11.3 Å². The summed E-state index contributed by atoms with van der Waals surface area (Å²) in [5.74, 6) is 0.576. The van der Waals surface area contributed by atoms with Crippen molar-refractivity contribution in [3.63, 3.8) is 0 Å². The molecule has 4 heteroatoms. The molecule has 1 atom stereocenters. The second kappa shape index (κ2) is 8.06. The molecule has 2 nitrogen and oxygen atoms in total. The zero-order valence-electron chi connectivity index (χ0n) is 12.9. The van der Waals surface area contributed by atoms with Gasteiger partial charge >= 0.3 is 0 Å². The lowest BCUT2D eigenvalue weighted by atomic mass is 9.96. The molecular formula is C17H23BrN2S. The maximum Gasteiger partial charge on any atom is 0.0931 e. The van der Waals surface area contributed by atoms with Crippen molar-refractivity contribution >= 4 is 27.3 Å². The third kappa shape index (κ3) is 5.89. The Hall–Kier alpha value is -0.710. The summed E-state index contributed by atoms with van der Waals surface area (Å²) in [6.07, 6.45) is 2.13. The van der Waals surface area contributed by atoms with Crippen LogP contribution in [0.2, 0.25) is 0 Å². The fraction of sp³-hybridized carbons (Fsp3) is 0.471. The van der Waals surface area contributed by atoms with Crippen molar-refractivity contribution in [1.29, 1.82) is 0 Å². The molecule has 0 saturated heterocycles. The molecule has 1 aromatic carbocycles. The van der Waals surface area contributed by atoms with Crippen molar-refractivity contribution in [1.82, 2.24) is 10.3 Å². The molecule has 21 heavy (non-hydrogen) atoms. The predicted molar refractivity (Wildman–Crippen MR) is 95.0 cm³/mol. The van der Waals surface area contributed by atoms with Crippen LogP contribution in [-0.4, -0.2) is 17.6 Å². The zero-order chi connectivity index (χ0) is 15.2. The van der Waals surface area contributed by atoms with Gasteiger partial charge in [0.25, 0.3) is 0 Å². The molecule has 2 rings (SSSR count). The number of halogens is 1. The van der Waals surface area contributed by atoms with Crippen LogP contribution in [0.5, 0.6) is 0 Å². The SMILES string of the molecule is Cc1csc(CC(CNC(C)C)Cc2cccc(Br)c2)n1. The summed E-state index contributed by atoms with van der Waals surface area (Å²) in [4.78, 5) is 4.62. The fourth-order valence-electron chi connectivity index (χ4n) is 2.36. The monoisotopic (exact) mass is 366 g/mol. The molecule has 0 amide bonds. The van der Waals surface area contributed by atoms with E-state index in [9.17, 15) is 0 Å². The summed E-state index contributed by atoms with van der Waals surface area (Å²) in [6, 6.07) is 9.14. The Morgan fingerprint density at radius 2 is 2.10 bits per heavy atom. The lowest BCUT2D eigenvalue weighted by Crippen LogP contribution is -2.31. The average Bonchev–Trinajstić information content (AvgIpc) is 2.81. The van der Waals surface area contributed by atoms with Gasteiger partial charge in [-0.05, 0) is 43.5 Å². The molecule has 0 fully saturated rings. The number of thiazole rings is 1. The van der Waals surface area contributed by atoms with Crippen LogP contribution in [0.1, 0.15) is 30.1 Å². The second-order valence-corrected chi connectivity index (χ2v) is 7.71. The van der Waals surface area contributed by atoms with E-state index in [1.165, 1.54) is 10.6 Å². The number of nitrogens with zero attached hydrogens (tertiary/aromatic N) is 1. The third-order valence-corrected chi connectivity index (χ3v) is 4.84. The number of aromatic nitrogens is 1. The van der Waals surface area contributed by atoms with Crippen molar-refractivity contribution in [3.05, 3.63) is 50.4 Å². The molecule has 0 saturated carbocycles. The molecule has 1 N–H and O–H groups in total. The number of rotatable bonds is 7. The van der Waals surface area contributed by atoms with E-state index in [-0.39, 0.29) is 0 Å². The van der Waals surface area contributed by atoms with Gasteiger partial charge in [-0.2, -0.15) is 0 Å². The molecule has 1 unspecified atom stereocenters. The van der Waals surface area contributed by atoms with Crippen molar-refractivity contribution in [3.8, 4) is 0 Å². The molecule has 0 aliphatic heterocycles. The first-order valence-corrected chi connectivity index (χ1v) is 9.09. The van der Waals surface area contributed by atoms with Crippen LogP contribution in [0.15, 0.2) is 34.1 Å². The Balaban J connectivity index is 2.04. The van der Waals surface area contributed by atoms with E-state index in [0.29, 0.717) is 12.0 Å². The lowest BCUT2D eigenvalue weighted by molar-refractivity contribution is 0.443. The van der Waals surface area contributed by atoms with Crippen LogP contribution in [0.25, 0.3) is 0 Å². The maximum atomic E-state index is 4.62. The first-order chi connectivity index (χ1) is 10.0. The van der Waals surface area contributed by atoms with Crippen molar-refractivity contribution < 1.29 is 0 Å². The summed E-state index contributed by atoms with van der Waals surface area (Å²) >= 11 is 5.34. The van der Waals surface area contributed by atoms with Gasteiger partial charge in [0.1, 0.15) is 0 Å². The van der Waals surface area contributed by atoms with Gasteiger partial charge in [0.15, 0.2) is 0 Å². The average molecular weight is 367 g/mol. The third-order valence-electron chi connectivity index (χ3n) is 3.36. The predicted octanol–water partition coefficient (Wildman–Crippen LogP) is 4.61. The number of hydrogen-bond acceptors (Lipinski definition) is 3. The normalized spacial score (nSPS) is 12.8. The molecule has 114 valence electrons. The maximum absolute atomic E-state index is 4.62. The molecule has 0 aliphatic carbocycles. The quantitative estimate of drug-likeness (QED) is 0.773. The van der Waals surface area contributed by atoms with Crippen LogP contribution in [0.4, 0.5) is 0 Å². The first-order valence-electron chi connectivity index (χ1n) is 7.41. The largest absolute Gasteiger partial charge is 0.314 e. The molecule has 0 bridgehead atoms. The van der Waals surface area contributed by atoms with Gasteiger partial charge in [0.05, 0.1) is 5.01 Å². The van der Waals surface area contributed by atoms with Crippen LogP contribution in [0, 0.1) is 12.8 Å². The number of hydrogen-bond donors (Lipinski definition) is 1. The number of nitrogens with one attached hydrogen (secondary N) is 1. The highest BCUT2D eigenvalue weighted by atomic mass is 79.9. The minimum atomic E-state index is 0.521. The molecule has 0 aliphatic rings. The molecule has 0 radical (unpaired) electrons. The molecule has 1 heterocycles. The van der Waals surface area contributed by atoms with E-state index in [1.807, 2.05) is 0 Å². The van der Waals surface area contributed by atoms with Gasteiger partial charge in [-0.1, -0.05) is 41.9 Å². The van der Waals surface area contributed by atoms with Crippen molar-refractivity contribution in [2.75, 3.05) is 6.54 Å². The van der Waals surface area contributed by atoms with E-state index < -0.39 is 0 Å². The standard InChI is InChI=1S/C17H23BrN2S/c1-12(2)19-10-15(9-17-20-13(3)11-21-17)7-14-5-4-6-16(18)8-14/h4-6,8,11-12,15,19H,7,9-10H2,1-3H3. The summed E-state index contributed by atoms with van der Waals surface area (Å²) in [6.45, 7) is 7.49. The van der Waals surface area contributed by atoms with Crippen molar-refractivity contribution in [2.24, 2.45) is 5.92 Å². The van der Waals surface area contributed by atoms with Gasteiger partial charge in [0, 0.05) is 28.0 Å². The molecule has 1 aromatic heterocycles. The molecular weight excluding hydrogens is 344 g/mol. The Kier molecular flexibility index (Phi) is 6.40. The fourth-order valence-corrected chi connectivity index (χ4v) is 3.69. The van der Waals surface area contributed by atoms with E-state index in [1.54, 1.807) is 11.3 Å². The van der Waals surface area contributed by atoms with E-state index >= 15 is 0 Å². The minimum absolute atomic E-state index is 0.521. The first kappa shape index (κ1) is 16.7. The smallest absolute Gasteiger partial charge is 0.0931 e. The van der Waals surface area contributed by atoms with Crippen LogP contribution in [-0.2, 0) is 12.8 Å². The molecule has 0 spiro atoms. The summed E-state index contributed by atoms with van der Waals surface area (Å²) in [5.41, 5.74) is 2.52. The summed E-state index contributed by atoms with van der Waals surface area (Å²) in [7, 11) is 0. The summed E-state index contributed by atoms with van der Waals surface area (Å²) in [5, 5.41) is 6.96. The highest BCUT2D eigenvalue weighted by Crippen LogP contribution is 2.20. The number of benzene rings is 1. The molecule has 2 aromatic rings. The van der Waals surface area contributed by atoms with Gasteiger partial charge in [-0.25, -0.2) is 4.98 Å². The summed E-state index contributed by atoms with van der Waals surface area (Å²) < 4.78 is 1.15. The van der Waals surface area contributed by atoms with E-state index in [0.717, 1.165) is 29.6 Å². The number of aryl methyl sites for hydroxylation is 1. The van der Waals surface area contributed by atoms with Crippen LogP contribution < -0.4 is 5.32 Å². The van der Waals surface area contributed by atoms with Gasteiger partial charge < -0.3 is 5.32 Å². The second-order valence-electron chi connectivity index (χ2n) is 5.85. The Morgan fingerprint density at radius 1 is 1.29 bits per heavy atom.